The van der Waals surface area contributed by atoms with Crippen LogP contribution in [0.15, 0.2) is 47.0 Å². The van der Waals surface area contributed by atoms with E-state index in [-0.39, 0.29) is 13.1 Å². The van der Waals surface area contributed by atoms with Gasteiger partial charge in [-0.05, 0) is 32.9 Å². The number of carbonyl (C=O) groups is 1. The normalized spacial score (nSPS) is 15.2. The van der Waals surface area contributed by atoms with Crippen LogP contribution in [-0.4, -0.2) is 83.7 Å². The topological polar surface area (TPSA) is 181 Å². The lowest BCUT2D eigenvalue weighted by molar-refractivity contribution is -0.143. The monoisotopic (exact) mass is 742 g/mol. The zero-order valence-corrected chi connectivity index (χ0v) is 27.4. The van der Waals surface area contributed by atoms with E-state index in [2.05, 4.69) is 25.7 Å². The summed E-state index contributed by atoms with van der Waals surface area (Å²) >= 11 is 0. The molecule has 6 rings (SSSR count). The Morgan fingerprint density at radius 2 is 1.24 bits per heavy atom. The molecular weight excluding hydrogens is 714 g/mol. The molecule has 268 valence electrons. The fraction of sp³-hybridized carbons (Fsp3) is 0.480. The number of amides is 1. The fourth-order valence-electron chi connectivity index (χ4n) is 4.56. The second kappa shape index (κ2) is 12.5. The van der Waals surface area contributed by atoms with Gasteiger partial charge in [0, 0.05) is 49.0 Å². The van der Waals surface area contributed by atoms with Crippen LogP contribution in [0.5, 0.6) is 0 Å². The summed E-state index contributed by atoms with van der Waals surface area (Å²) in [6.45, 7) is 3.58. The molecule has 0 bridgehead atoms. The predicted octanol–water partition coefficient (Wildman–Crippen LogP) is 2.61. The van der Waals surface area contributed by atoms with Gasteiger partial charge < -0.3 is 10.1 Å². The molecule has 0 atom stereocenters. The SMILES string of the molecule is CC(C)(C)OC(=O)N1Cc2cn(S(=O)(=O)c3ccn(CC(F)(F)F)n3)nc2C1.O=S(=O)(c1ccn(CC(F)(F)F)n1)n1cc2c(n1)CNC2. The van der Waals surface area contributed by atoms with Gasteiger partial charge in [0.05, 0.1) is 24.5 Å². The summed E-state index contributed by atoms with van der Waals surface area (Å²) in [6.07, 6.45) is -5.08. The highest BCUT2D eigenvalue weighted by Gasteiger charge is 2.34. The van der Waals surface area contributed by atoms with Crippen LogP contribution in [0.25, 0.3) is 0 Å². The van der Waals surface area contributed by atoms with Gasteiger partial charge in [0.15, 0.2) is 10.1 Å². The molecule has 0 aliphatic carbocycles. The molecular formula is C25H28F6N10O6S2. The molecule has 4 aromatic rings. The van der Waals surface area contributed by atoms with Gasteiger partial charge in [-0.2, -0.15) is 71.7 Å². The average Bonchev–Trinajstić information content (AvgIpc) is 3.75. The summed E-state index contributed by atoms with van der Waals surface area (Å²) in [5.41, 5.74) is 1.55. The Hall–Kier alpha value is -4.45. The first-order valence-electron chi connectivity index (χ1n) is 14.1. The summed E-state index contributed by atoms with van der Waals surface area (Å²) in [4.78, 5) is 13.5. The molecule has 0 unspecified atom stereocenters. The first-order chi connectivity index (χ1) is 22.5. The van der Waals surface area contributed by atoms with Gasteiger partial charge in [0.25, 0.3) is 0 Å². The summed E-state index contributed by atoms with van der Waals surface area (Å²) in [6, 6.07) is 1.99. The molecule has 0 aromatic carbocycles. The van der Waals surface area contributed by atoms with E-state index in [0.29, 0.717) is 43.5 Å². The van der Waals surface area contributed by atoms with Gasteiger partial charge in [-0.25, -0.2) is 4.79 Å². The third kappa shape index (κ3) is 8.41. The molecule has 49 heavy (non-hydrogen) atoms. The number of rotatable bonds is 6. The lowest BCUT2D eigenvalue weighted by Gasteiger charge is -2.24. The number of hydrogen-bond donors (Lipinski definition) is 1. The number of ether oxygens (including phenoxy) is 1. The third-order valence-corrected chi connectivity index (χ3v) is 9.46. The van der Waals surface area contributed by atoms with Crippen molar-refractivity contribution in [1.29, 1.82) is 0 Å². The van der Waals surface area contributed by atoms with E-state index >= 15 is 0 Å². The molecule has 4 aromatic heterocycles. The second-order valence-corrected chi connectivity index (χ2v) is 15.3. The fourth-order valence-corrected chi connectivity index (χ4v) is 6.77. The highest BCUT2D eigenvalue weighted by Crippen LogP contribution is 2.26. The van der Waals surface area contributed by atoms with Crippen molar-refractivity contribution >= 4 is 26.1 Å². The van der Waals surface area contributed by atoms with Crippen LogP contribution >= 0.6 is 0 Å². The number of alkyl halides is 6. The highest BCUT2D eigenvalue weighted by atomic mass is 32.2. The Labute approximate surface area is 274 Å². The first kappa shape index (κ1) is 35.8. The van der Waals surface area contributed by atoms with Crippen LogP contribution in [0.2, 0.25) is 0 Å². The van der Waals surface area contributed by atoms with Crippen molar-refractivity contribution in [3.8, 4) is 0 Å². The minimum Gasteiger partial charge on any atom is -0.444 e. The molecule has 6 heterocycles. The van der Waals surface area contributed by atoms with Crippen molar-refractivity contribution < 1.29 is 52.7 Å². The number of nitrogens with zero attached hydrogens (tertiary/aromatic N) is 9. The van der Waals surface area contributed by atoms with Gasteiger partial charge in [0.2, 0.25) is 0 Å². The largest absolute Gasteiger partial charge is 0.444 e. The van der Waals surface area contributed by atoms with Crippen molar-refractivity contribution in [2.45, 2.75) is 88.0 Å². The quantitative estimate of drug-likeness (QED) is 0.287. The van der Waals surface area contributed by atoms with Crippen LogP contribution in [0.4, 0.5) is 31.1 Å². The molecule has 0 saturated heterocycles. The molecule has 0 saturated carbocycles. The van der Waals surface area contributed by atoms with E-state index < -0.39 is 67.2 Å². The number of fused-ring (bicyclic) bond motifs is 2. The molecule has 0 spiro atoms. The van der Waals surface area contributed by atoms with E-state index in [1.165, 1.54) is 17.3 Å². The van der Waals surface area contributed by atoms with Gasteiger partial charge in [-0.15, -0.1) is 0 Å². The van der Waals surface area contributed by atoms with E-state index in [1.807, 2.05) is 0 Å². The minimum atomic E-state index is -4.52. The number of hydrogen-bond acceptors (Lipinski definition) is 11. The van der Waals surface area contributed by atoms with Crippen molar-refractivity contribution in [3.05, 3.63) is 59.4 Å². The highest BCUT2D eigenvalue weighted by molar-refractivity contribution is 7.90. The van der Waals surface area contributed by atoms with Crippen LogP contribution in [0.3, 0.4) is 0 Å². The van der Waals surface area contributed by atoms with E-state index in [0.717, 1.165) is 34.2 Å². The Morgan fingerprint density at radius 1 is 0.755 bits per heavy atom. The molecule has 0 radical (unpaired) electrons. The molecule has 16 nitrogen and oxygen atoms in total. The van der Waals surface area contributed by atoms with Crippen molar-refractivity contribution in [2.75, 3.05) is 0 Å². The van der Waals surface area contributed by atoms with Crippen molar-refractivity contribution in [3.63, 3.8) is 0 Å². The Kier molecular flexibility index (Phi) is 9.11. The zero-order chi connectivity index (χ0) is 36.2. The third-order valence-electron chi connectivity index (χ3n) is 6.61. The van der Waals surface area contributed by atoms with E-state index in [1.54, 1.807) is 20.8 Å². The van der Waals surface area contributed by atoms with E-state index in [4.69, 9.17) is 4.74 Å². The van der Waals surface area contributed by atoms with Gasteiger partial charge in [-0.3, -0.25) is 14.3 Å². The Morgan fingerprint density at radius 3 is 1.69 bits per heavy atom. The zero-order valence-electron chi connectivity index (χ0n) is 25.8. The standard InChI is InChI=1S/C15H18F3N5O4S.C10H10F3N5O2S/c1-14(2,3)27-13(24)21-6-10-7-23(19-11(10)8-21)28(25,26)12-4-5-22(20-12)9-15(16,17)18;11-10(12,13)6-17-2-1-9(16-17)21(19,20)18-5-7-3-14-4-8(7)15-18/h4-5,7H,6,8-9H2,1-3H3;1-2,5,14H,3-4,6H2. The Balaban J connectivity index is 0.000000199. The Bertz CT molecular complexity index is 2030. The predicted molar refractivity (Wildman–Crippen MR) is 152 cm³/mol. The number of halogens is 6. The summed E-state index contributed by atoms with van der Waals surface area (Å²) in [5, 5.41) is 16.8. The maximum atomic E-state index is 12.6. The molecule has 24 heteroatoms. The second-order valence-electron chi connectivity index (χ2n) is 11.8. The minimum absolute atomic E-state index is 0.0648. The summed E-state index contributed by atoms with van der Waals surface area (Å²) in [7, 11) is -8.32. The smallest absolute Gasteiger partial charge is 0.410 e. The molecule has 2 aliphatic rings. The van der Waals surface area contributed by atoms with Gasteiger partial charge >= 0.3 is 38.5 Å². The maximum absolute atomic E-state index is 12.6. The number of carbonyl (C=O) groups excluding carboxylic acids is 1. The van der Waals surface area contributed by atoms with E-state index in [9.17, 15) is 48.0 Å². The average molecular weight is 743 g/mol. The first-order valence-corrected chi connectivity index (χ1v) is 16.9. The number of nitrogens with one attached hydrogen (secondary N) is 1. The van der Waals surface area contributed by atoms with Gasteiger partial charge in [-0.1, -0.05) is 0 Å². The van der Waals surface area contributed by atoms with Crippen molar-refractivity contribution in [1.82, 2.24) is 48.1 Å². The van der Waals surface area contributed by atoms with Gasteiger partial charge in [0.1, 0.15) is 18.7 Å². The summed E-state index contributed by atoms with van der Waals surface area (Å²) < 4.78 is 131. The van der Waals surface area contributed by atoms with Crippen LogP contribution in [0, 0.1) is 0 Å². The van der Waals surface area contributed by atoms with Crippen molar-refractivity contribution in [2.24, 2.45) is 0 Å². The molecule has 1 amide bonds. The number of aromatic nitrogens is 8. The molecule has 0 fully saturated rings. The molecule has 2 aliphatic heterocycles. The lowest BCUT2D eigenvalue weighted by Crippen LogP contribution is -2.33. The van der Waals surface area contributed by atoms with Crippen LogP contribution < -0.4 is 5.32 Å². The van der Waals surface area contributed by atoms with Crippen LogP contribution in [-0.2, 0) is 64.1 Å². The lowest BCUT2D eigenvalue weighted by atomic mass is 10.2. The molecule has 1 N–H and O–H groups in total. The van der Waals surface area contributed by atoms with Crippen LogP contribution in [0.1, 0.15) is 43.3 Å². The maximum Gasteiger partial charge on any atom is 0.410 e. The summed E-state index contributed by atoms with van der Waals surface area (Å²) in [5.74, 6) is 0.